The summed E-state index contributed by atoms with van der Waals surface area (Å²) in [6, 6.07) is 9.47. The van der Waals surface area contributed by atoms with Crippen molar-refractivity contribution < 1.29 is 19.5 Å². The van der Waals surface area contributed by atoms with Crippen LogP contribution in [0.3, 0.4) is 0 Å². The predicted molar refractivity (Wildman–Crippen MR) is 104 cm³/mol. The smallest absolute Gasteiger partial charge is 0.276 e. The summed E-state index contributed by atoms with van der Waals surface area (Å²) in [5.74, 6) is -0.107. The molecule has 7 nitrogen and oxygen atoms in total. The number of aliphatic hydroxyl groups is 1. The van der Waals surface area contributed by atoms with Gasteiger partial charge in [-0.15, -0.1) is 0 Å². The van der Waals surface area contributed by atoms with Crippen LogP contribution in [-0.2, 0) is 0 Å². The van der Waals surface area contributed by atoms with Crippen molar-refractivity contribution in [2.24, 2.45) is 0 Å². The molecule has 8 heteroatoms. The Labute approximate surface area is 162 Å². The topological polar surface area (TPSA) is 88.9 Å². The third-order valence-corrected chi connectivity index (χ3v) is 4.79. The molecule has 1 aromatic heterocycles. The number of aliphatic hydroxyl groups excluding tert-OH is 1. The maximum Gasteiger partial charge on any atom is 0.276 e. The number of pyridine rings is 1. The Bertz CT molecular complexity index is 803. The van der Waals surface area contributed by atoms with Crippen LogP contribution in [0.4, 0.5) is 10.2 Å². The minimum atomic E-state index is -0.595. The number of piperazine rings is 1. The predicted octanol–water partition coefficient (Wildman–Crippen LogP) is 1.54. The third kappa shape index (κ3) is 4.92. The molecule has 1 aliphatic rings. The number of halogens is 1. The summed E-state index contributed by atoms with van der Waals surface area (Å²) in [6.45, 7) is 2.97. The van der Waals surface area contributed by atoms with Gasteiger partial charge in [-0.2, -0.15) is 0 Å². The third-order valence-electron chi connectivity index (χ3n) is 4.79. The zero-order chi connectivity index (χ0) is 19.9. The van der Waals surface area contributed by atoms with Gasteiger partial charge in [0.1, 0.15) is 11.6 Å². The Morgan fingerprint density at radius 2 is 1.89 bits per heavy atom. The number of anilines is 1. The lowest BCUT2D eigenvalue weighted by molar-refractivity contribution is 0.0706. The largest absolute Gasteiger partial charge is 0.394 e. The molecular weight excluding hydrogens is 363 g/mol. The summed E-state index contributed by atoms with van der Waals surface area (Å²) in [4.78, 5) is 19.9. The first-order valence-electron chi connectivity index (χ1n) is 9.05. The zero-order valence-corrected chi connectivity index (χ0v) is 15.3. The van der Waals surface area contributed by atoms with Gasteiger partial charge < -0.3 is 10.0 Å². The normalized spacial score (nSPS) is 16.3. The molecule has 28 heavy (non-hydrogen) atoms. The van der Waals surface area contributed by atoms with E-state index >= 15 is 0 Å². The number of hydrogen-bond donors (Lipinski definition) is 3. The standard InChI is InChI=1S/C20H23FN4O3/c21-17-5-1-15(2-6-17)3-7-18(14-26)24-9-11-25(12-10-24)19-8-4-16(13-22-19)20(27)23-28/h1-8,13,18,26,28H,9-12,14H2,(H,23,27)/b7-3+. The molecule has 1 aromatic carbocycles. The number of hydroxylamine groups is 1. The number of rotatable bonds is 6. The summed E-state index contributed by atoms with van der Waals surface area (Å²) in [5, 5.41) is 18.4. The van der Waals surface area contributed by atoms with Gasteiger partial charge in [-0.3, -0.25) is 14.9 Å². The first kappa shape index (κ1) is 19.9. The molecular formula is C20H23FN4O3. The van der Waals surface area contributed by atoms with Gasteiger partial charge in [-0.25, -0.2) is 14.9 Å². The molecule has 1 aliphatic heterocycles. The van der Waals surface area contributed by atoms with Crippen molar-refractivity contribution >= 4 is 17.8 Å². The van der Waals surface area contributed by atoms with Gasteiger partial charge >= 0.3 is 0 Å². The molecule has 1 fully saturated rings. The Morgan fingerprint density at radius 3 is 2.46 bits per heavy atom. The highest BCUT2D eigenvalue weighted by atomic mass is 19.1. The average molecular weight is 386 g/mol. The van der Waals surface area contributed by atoms with Gasteiger partial charge in [0.05, 0.1) is 18.2 Å². The molecule has 3 rings (SSSR count). The number of carbonyl (C=O) groups is 1. The fourth-order valence-electron chi connectivity index (χ4n) is 3.15. The molecule has 2 aromatic rings. The quantitative estimate of drug-likeness (QED) is 0.516. The molecule has 1 amide bonds. The maximum absolute atomic E-state index is 13.0. The van der Waals surface area contributed by atoms with Crippen LogP contribution in [-0.4, -0.2) is 64.9 Å². The lowest BCUT2D eigenvalue weighted by atomic mass is 10.1. The molecule has 0 bridgehead atoms. The van der Waals surface area contributed by atoms with E-state index in [4.69, 9.17) is 5.21 Å². The fraction of sp³-hybridized carbons (Fsp3) is 0.300. The Balaban J connectivity index is 1.57. The lowest BCUT2D eigenvalue weighted by Crippen LogP contribution is -2.51. The molecule has 0 aliphatic carbocycles. The van der Waals surface area contributed by atoms with Crippen LogP contribution < -0.4 is 10.4 Å². The van der Waals surface area contributed by atoms with Gasteiger partial charge in [0.25, 0.3) is 5.91 Å². The zero-order valence-electron chi connectivity index (χ0n) is 15.3. The molecule has 2 heterocycles. The Kier molecular flexibility index (Phi) is 6.70. The van der Waals surface area contributed by atoms with E-state index in [9.17, 15) is 14.3 Å². The van der Waals surface area contributed by atoms with Crippen LogP contribution in [0.5, 0.6) is 0 Å². The Hall–Kier alpha value is -2.81. The number of hydrogen-bond acceptors (Lipinski definition) is 6. The molecule has 1 atom stereocenters. The Morgan fingerprint density at radius 1 is 1.18 bits per heavy atom. The van der Waals surface area contributed by atoms with E-state index < -0.39 is 5.91 Å². The highest BCUT2D eigenvalue weighted by Crippen LogP contribution is 2.16. The maximum atomic E-state index is 13.0. The second kappa shape index (κ2) is 9.41. The van der Waals surface area contributed by atoms with Crippen molar-refractivity contribution in [3.05, 3.63) is 65.6 Å². The van der Waals surface area contributed by atoms with Gasteiger partial charge in [0.2, 0.25) is 0 Å². The van der Waals surface area contributed by atoms with Gasteiger partial charge in [-0.1, -0.05) is 24.3 Å². The number of amides is 1. The van der Waals surface area contributed by atoms with Gasteiger partial charge in [-0.05, 0) is 29.8 Å². The highest BCUT2D eigenvalue weighted by molar-refractivity contribution is 5.93. The van der Waals surface area contributed by atoms with E-state index in [0.717, 1.165) is 37.6 Å². The first-order valence-corrected chi connectivity index (χ1v) is 9.05. The van der Waals surface area contributed by atoms with Crippen molar-refractivity contribution in [3.8, 4) is 0 Å². The minimum Gasteiger partial charge on any atom is -0.394 e. The summed E-state index contributed by atoms with van der Waals surface area (Å²) in [7, 11) is 0. The van der Waals surface area contributed by atoms with Crippen LogP contribution in [0.2, 0.25) is 0 Å². The first-order chi connectivity index (χ1) is 13.6. The monoisotopic (exact) mass is 386 g/mol. The van der Waals surface area contributed by atoms with Crippen molar-refractivity contribution in [1.29, 1.82) is 0 Å². The van der Waals surface area contributed by atoms with Crippen molar-refractivity contribution in [2.75, 3.05) is 37.7 Å². The molecule has 148 valence electrons. The van der Waals surface area contributed by atoms with Crippen LogP contribution >= 0.6 is 0 Å². The van der Waals surface area contributed by atoms with E-state index in [2.05, 4.69) is 14.8 Å². The van der Waals surface area contributed by atoms with Gasteiger partial charge in [0, 0.05) is 32.4 Å². The lowest BCUT2D eigenvalue weighted by Gasteiger charge is -2.38. The summed E-state index contributed by atoms with van der Waals surface area (Å²) in [5.41, 5.74) is 2.76. The number of nitrogens with zero attached hydrogens (tertiary/aromatic N) is 3. The van der Waals surface area contributed by atoms with E-state index in [0.29, 0.717) is 0 Å². The highest BCUT2D eigenvalue weighted by Gasteiger charge is 2.22. The van der Waals surface area contributed by atoms with Gasteiger partial charge in [0.15, 0.2) is 0 Å². The van der Waals surface area contributed by atoms with E-state index in [-0.39, 0.29) is 24.0 Å². The summed E-state index contributed by atoms with van der Waals surface area (Å²) < 4.78 is 13.0. The van der Waals surface area contributed by atoms with Crippen molar-refractivity contribution in [2.45, 2.75) is 6.04 Å². The van der Waals surface area contributed by atoms with Crippen LogP contribution in [0.15, 0.2) is 48.7 Å². The molecule has 1 saturated heterocycles. The van der Waals surface area contributed by atoms with E-state index in [1.807, 2.05) is 12.2 Å². The number of nitrogens with one attached hydrogen (secondary N) is 1. The summed E-state index contributed by atoms with van der Waals surface area (Å²) in [6.07, 6.45) is 5.25. The average Bonchev–Trinajstić information content (AvgIpc) is 2.75. The van der Waals surface area contributed by atoms with Crippen molar-refractivity contribution in [1.82, 2.24) is 15.4 Å². The summed E-state index contributed by atoms with van der Waals surface area (Å²) >= 11 is 0. The van der Waals surface area contributed by atoms with Crippen LogP contribution in [0, 0.1) is 5.82 Å². The van der Waals surface area contributed by atoms with Crippen LogP contribution in [0.1, 0.15) is 15.9 Å². The molecule has 0 radical (unpaired) electrons. The second-order valence-electron chi connectivity index (χ2n) is 6.53. The van der Waals surface area contributed by atoms with E-state index in [1.165, 1.54) is 18.3 Å². The number of carbonyl (C=O) groups excluding carboxylic acids is 1. The molecule has 0 spiro atoms. The fourth-order valence-corrected chi connectivity index (χ4v) is 3.15. The van der Waals surface area contributed by atoms with Crippen molar-refractivity contribution in [3.63, 3.8) is 0 Å². The minimum absolute atomic E-state index is 0.000906. The van der Waals surface area contributed by atoms with Crippen LogP contribution in [0.25, 0.3) is 6.08 Å². The van der Waals surface area contributed by atoms with E-state index in [1.54, 1.807) is 29.7 Å². The SMILES string of the molecule is O=C(NO)c1ccc(N2CCN(C(/C=C/c3ccc(F)cc3)CO)CC2)nc1. The number of aromatic nitrogens is 1. The molecule has 1 unspecified atom stereocenters. The molecule has 3 N–H and O–H groups in total. The second-order valence-corrected chi connectivity index (χ2v) is 6.53. The molecule has 0 saturated carbocycles. The number of benzene rings is 1.